The Kier molecular flexibility index (Phi) is 6.43. The van der Waals surface area contributed by atoms with Crippen LogP contribution >= 0.6 is 0 Å². The molecule has 122 valence electrons. The minimum Gasteiger partial charge on any atom is -0.483 e. The lowest BCUT2D eigenvalue weighted by atomic mass is 9.91. The standard InChI is InChI=1S/C15H24N4O3/c1-10(2)12-13(21-4)19-15(3,14(18-12)22-5)8-6-7-11(20)9-17-16/h9-10,12H,6-8H2,1-5H3/t12-,15-/m1/s1. The number of carbonyl (C=O) groups excluding carboxylic acids is 1. The summed E-state index contributed by atoms with van der Waals surface area (Å²) in [6.45, 7) is 6.01. The molecule has 0 spiro atoms. The highest BCUT2D eigenvalue weighted by atomic mass is 16.5. The van der Waals surface area contributed by atoms with Crippen LogP contribution in [-0.2, 0) is 14.3 Å². The van der Waals surface area contributed by atoms with Crippen molar-refractivity contribution in [2.24, 2.45) is 15.9 Å². The summed E-state index contributed by atoms with van der Waals surface area (Å²) in [6, 6.07) is -0.156. The van der Waals surface area contributed by atoms with E-state index in [4.69, 9.17) is 15.0 Å². The molecule has 0 aromatic rings. The van der Waals surface area contributed by atoms with Gasteiger partial charge in [0.05, 0.1) is 14.2 Å². The Morgan fingerprint density at radius 2 is 2.14 bits per heavy atom. The Labute approximate surface area is 131 Å². The van der Waals surface area contributed by atoms with Gasteiger partial charge in [-0.25, -0.2) is 9.98 Å². The number of Topliss-reactive ketones (excluding diaryl/α,β-unsaturated/α-hetero) is 1. The zero-order valence-corrected chi connectivity index (χ0v) is 13.9. The second-order valence-electron chi connectivity index (χ2n) is 5.82. The molecule has 0 aromatic carbocycles. The van der Waals surface area contributed by atoms with Crippen molar-refractivity contribution < 1.29 is 19.1 Å². The molecule has 0 fully saturated rings. The van der Waals surface area contributed by atoms with E-state index < -0.39 is 5.54 Å². The molecule has 0 saturated heterocycles. The van der Waals surface area contributed by atoms with Gasteiger partial charge in [0.15, 0.2) is 0 Å². The van der Waals surface area contributed by atoms with E-state index in [9.17, 15) is 4.79 Å². The molecule has 1 heterocycles. The van der Waals surface area contributed by atoms with Gasteiger partial charge in [-0.15, -0.1) is 0 Å². The number of hydrogen-bond acceptors (Lipinski definition) is 5. The minimum atomic E-state index is -0.651. The van der Waals surface area contributed by atoms with Crippen molar-refractivity contribution >= 4 is 23.8 Å². The van der Waals surface area contributed by atoms with Gasteiger partial charge in [-0.05, 0) is 25.7 Å². The smallest absolute Gasteiger partial charge is 0.323 e. The highest BCUT2D eigenvalue weighted by molar-refractivity contribution is 6.25. The zero-order valence-electron chi connectivity index (χ0n) is 13.9. The SMILES string of the molecule is COC1=N[C@](C)(CCCC(=O)C=[N+]=[N-])C(OC)=N[C@@H]1C(C)C. The molecule has 0 bridgehead atoms. The molecule has 0 amide bonds. The van der Waals surface area contributed by atoms with Crippen molar-refractivity contribution in [2.75, 3.05) is 14.2 Å². The largest absolute Gasteiger partial charge is 0.483 e. The van der Waals surface area contributed by atoms with Crippen LogP contribution in [0.1, 0.15) is 40.0 Å². The van der Waals surface area contributed by atoms with Gasteiger partial charge in [-0.3, -0.25) is 4.79 Å². The van der Waals surface area contributed by atoms with Crippen LogP contribution in [0, 0.1) is 5.92 Å². The molecule has 2 atom stereocenters. The third-order valence-corrected chi connectivity index (χ3v) is 3.65. The van der Waals surface area contributed by atoms with E-state index in [0.717, 1.165) is 6.21 Å². The third-order valence-electron chi connectivity index (χ3n) is 3.65. The van der Waals surface area contributed by atoms with E-state index >= 15 is 0 Å². The van der Waals surface area contributed by atoms with E-state index in [2.05, 4.69) is 14.8 Å². The first-order chi connectivity index (χ1) is 10.4. The molecule has 0 aromatic heterocycles. The van der Waals surface area contributed by atoms with Crippen LogP contribution in [0.5, 0.6) is 0 Å². The third kappa shape index (κ3) is 4.24. The van der Waals surface area contributed by atoms with E-state index in [1.807, 2.05) is 20.8 Å². The quantitative estimate of drug-likeness (QED) is 0.426. The lowest BCUT2D eigenvalue weighted by Crippen LogP contribution is -2.44. The zero-order chi connectivity index (χ0) is 16.8. The molecular formula is C15H24N4O3. The molecule has 22 heavy (non-hydrogen) atoms. The summed E-state index contributed by atoms with van der Waals surface area (Å²) < 4.78 is 10.8. The van der Waals surface area contributed by atoms with Crippen molar-refractivity contribution in [3.63, 3.8) is 0 Å². The minimum absolute atomic E-state index is 0.156. The van der Waals surface area contributed by atoms with Crippen molar-refractivity contribution in [3.8, 4) is 0 Å². The maximum Gasteiger partial charge on any atom is 0.323 e. The van der Waals surface area contributed by atoms with Crippen LogP contribution in [0.15, 0.2) is 9.98 Å². The number of ether oxygens (including phenoxy) is 2. The molecule has 1 rings (SSSR count). The molecular weight excluding hydrogens is 284 g/mol. The fourth-order valence-corrected chi connectivity index (χ4v) is 2.45. The van der Waals surface area contributed by atoms with Gasteiger partial charge in [0, 0.05) is 6.42 Å². The highest BCUT2D eigenvalue weighted by Crippen LogP contribution is 2.28. The van der Waals surface area contributed by atoms with Gasteiger partial charge >= 0.3 is 6.21 Å². The van der Waals surface area contributed by atoms with Crippen molar-refractivity contribution in [1.29, 1.82) is 0 Å². The molecule has 7 nitrogen and oxygen atoms in total. The number of ketones is 1. The Balaban J connectivity index is 2.89. The molecule has 0 N–H and O–H groups in total. The van der Waals surface area contributed by atoms with Crippen LogP contribution < -0.4 is 0 Å². The average molecular weight is 308 g/mol. The number of methoxy groups -OCH3 is 2. The lowest BCUT2D eigenvalue weighted by molar-refractivity contribution is -0.116. The second-order valence-corrected chi connectivity index (χ2v) is 5.82. The lowest BCUT2D eigenvalue weighted by Gasteiger charge is -2.33. The fraction of sp³-hybridized carbons (Fsp3) is 0.733. The number of aliphatic imine (C=N–C) groups is 2. The fourth-order valence-electron chi connectivity index (χ4n) is 2.45. The number of hydrogen-bond donors (Lipinski definition) is 0. The van der Waals surface area contributed by atoms with Crippen LogP contribution in [-0.4, -0.2) is 54.4 Å². The summed E-state index contributed by atoms with van der Waals surface area (Å²) >= 11 is 0. The van der Waals surface area contributed by atoms with Crippen LogP contribution in [0.25, 0.3) is 5.53 Å². The summed E-state index contributed by atoms with van der Waals surface area (Å²) in [4.78, 5) is 23.4. The molecule has 0 unspecified atom stereocenters. The van der Waals surface area contributed by atoms with Crippen molar-refractivity contribution in [3.05, 3.63) is 5.53 Å². The van der Waals surface area contributed by atoms with E-state index in [1.54, 1.807) is 14.2 Å². The monoisotopic (exact) mass is 308 g/mol. The molecule has 1 aliphatic rings. The van der Waals surface area contributed by atoms with Gasteiger partial charge in [0.25, 0.3) is 0 Å². The van der Waals surface area contributed by atoms with Crippen LogP contribution in [0.2, 0.25) is 0 Å². The Bertz CT molecular complexity index is 521. The first-order valence-corrected chi connectivity index (χ1v) is 7.34. The van der Waals surface area contributed by atoms with Gasteiger partial charge in [0.1, 0.15) is 11.6 Å². The van der Waals surface area contributed by atoms with Crippen LogP contribution in [0.3, 0.4) is 0 Å². The molecule has 0 aliphatic carbocycles. The maximum absolute atomic E-state index is 11.4. The van der Waals surface area contributed by atoms with Crippen molar-refractivity contribution in [1.82, 2.24) is 0 Å². The molecule has 7 heteroatoms. The predicted molar refractivity (Wildman–Crippen MR) is 84.5 cm³/mol. The molecule has 1 aliphatic heterocycles. The van der Waals surface area contributed by atoms with Crippen molar-refractivity contribution in [2.45, 2.75) is 51.6 Å². The molecule has 0 radical (unpaired) electrons. The Morgan fingerprint density at radius 1 is 1.45 bits per heavy atom. The van der Waals surface area contributed by atoms with Crippen LogP contribution in [0.4, 0.5) is 0 Å². The topological polar surface area (TPSA) is 96.7 Å². The summed E-state index contributed by atoms with van der Waals surface area (Å²) in [5.41, 5.74) is 7.68. The summed E-state index contributed by atoms with van der Waals surface area (Å²) in [5.74, 6) is 1.15. The highest BCUT2D eigenvalue weighted by Gasteiger charge is 2.39. The van der Waals surface area contributed by atoms with E-state index in [1.165, 1.54) is 0 Å². The van der Waals surface area contributed by atoms with Gasteiger partial charge in [-0.1, -0.05) is 13.8 Å². The summed E-state index contributed by atoms with van der Waals surface area (Å²) in [7, 11) is 3.16. The first kappa shape index (κ1) is 18.0. The average Bonchev–Trinajstić information content (AvgIpc) is 2.46. The summed E-state index contributed by atoms with van der Waals surface area (Å²) in [6.07, 6.45) is 2.36. The number of rotatable bonds is 6. The van der Waals surface area contributed by atoms with E-state index in [0.29, 0.717) is 24.6 Å². The first-order valence-electron chi connectivity index (χ1n) is 7.34. The van der Waals surface area contributed by atoms with Gasteiger partial charge in [-0.2, -0.15) is 4.79 Å². The maximum atomic E-state index is 11.4. The molecule has 0 saturated carbocycles. The van der Waals surface area contributed by atoms with Gasteiger partial charge < -0.3 is 15.0 Å². The normalized spacial score (nSPS) is 24.2. The Morgan fingerprint density at radius 3 is 2.64 bits per heavy atom. The number of nitrogens with zero attached hydrogens (tertiary/aromatic N) is 4. The second kappa shape index (κ2) is 7.84. The Hall–Kier alpha value is -2.01. The van der Waals surface area contributed by atoms with E-state index in [-0.39, 0.29) is 24.2 Å². The number of carbonyl (C=O) groups is 1. The predicted octanol–water partition coefficient (Wildman–Crippen LogP) is 1.91. The summed E-state index contributed by atoms with van der Waals surface area (Å²) in [5, 5.41) is 0. The van der Waals surface area contributed by atoms with Gasteiger partial charge in [0.2, 0.25) is 17.6 Å².